The zero-order chi connectivity index (χ0) is 23.2. The Morgan fingerprint density at radius 3 is 2.76 bits per heavy atom. The number of aromatic nitrogens is 2. The van der Waals surface area contributed by atoms with Gasteiger partial charge < -0.3 is 15.0 Å². The predicted octanol–water partition coefficient (Wildman–Crippen LogP) is 3.96. The second kappa shape index (κ2) is 8.63. The average Bonchev–Trinajstić information content (AvgIpc) is 3.51. The van der Waals surface area contributed by atoms with Gasteiger partial charge in [0.1, 0.15) is 10.4 Å². The summed E-state index contributed by atoms with van der Waals surface area (Å²) in [6.45, 7) is 2.60. The van der Waals surface area contributed by atoms with Crippen molar-refractivity contribution >= 4 is 49.1 Å². The number of fused-ring (bicyclic) bond motifs is 5. The van der Waals surface area contributed by atoms with E-state index in [1.807, 2.05) is 33.6 Å². The number of hydrogen-bond acceptors (Lipinski definition) is 6. The Bertz CT molecular complexity index is 1470. The van der Waals surface area contributed by atoms with Gasteiger partial charge in [-0.1, -0.05) is 25.0 Å². The standard InChI is InChI=1S/C25H25FN4O3S/c26-17-13-16-21(31)20(24(32)27-14-15-5-1-2-6-15)25-30(18-7-3-4-8-19(18)34-25)22(16)28-23(17)29-9-11-33-12-10-29/h3-4,7-8,13,15H,1-2,5-6,9-12,14H2,(H,27,32). The highest BCUT2D eigenvalue weighted by Crippen LogP contribution is 2.32. The molecule has 0 bridgehead atoms. The molecular weight excluding hydrogens is 455 g/mol. The second-order valence-electron chi connectivity index (χ2n) is 9.04. The SMILES string of the molecule is O=C(NCC1CCCC1)c1c(=O)c2cc(F)c(N3CCOCC3)nc2n2c1sc1ccccc12. The summed E-state index contributed by atoms with van der Waals surface area (Å²) in [4.78, 5) is 33.9. The molecule has 1 aliphatic heterocycles. The minimum absolute atomic E-state index is 0.0621. The predicted molar refractivity (Wildman–Crippen MR) is 132 cm³/mol. The van der Waals surface area contributed by atoms with Gasteiger partial charge >= 0.3 is 0 Å². The van der Waals surface area contributed by atoms with Gasteiger partial charge in [-0.25, -0.2) is 9.37 Å². The molecule has 34 heavy (non-hydrogen) atoms. The summed E-state index contributed by atoms with van der Waals surface area (Å²) in [5, 5.41) is 3.09. The number of thiazole rings is 1. The fourth-order valence-corrected chi connectivity index (χ4v) is 6.32. The zero-order valence-electron chi connectivity index (χ0n) is 18.7. The molecular formula is C25H25FN4O3S. The van der Waals surface area contributed by atoms with Crippen molar-refractivity contribution in [3.05, 3.63) is 51.9 Å². The maximum absolute atomic E-state index is 15.2. The summed E-state index contributed by atoms with van der Waals surface area (Å²) in [7, 11) is 0. The fourth-order valence-electron chi connectivity index (χ4n) is 5.14. The van der Waals surface area contributed by atoms with Crippen LogP contribution in [0.1, 0.15) is 36.0 Å². The molecule has 176 valence electrons. The number of pyridine rings is 2. The third-order valence-corrected chi connectivity index (χ3v) is 8.06. The Morgan fingerprint density at radius 2 is 1.97 bits per heavy atom. The maximum Gasteiger partial charge on any atom is 0.258 e. The van der Waals surface area contributed by atoms with Gasteiger partial charge in [0.2, 0.25) is 5.43 Å². The quantitative estimate of drug-likeness (QED) is 0.479. The van der Waals surface area contributed by atoms with E-state index in [1.54, 1.807) is 0 Å². The summed E-state index contributed by atoms with van der Waals surface area (Å²) < 4.78 is 23.4. The number of amides is 1. The third kappa shape index (κ3) is 3.54. The number of carbonyl (C=O) groups excluding carboxylic acids is 1. The largest absolute Gasteiger partial charge is 0.378 e. The van der Waals surface area contributed by atoms with Crippen LogP contribution in [0, 0.1) is 11.7 Å². The summed E-state index contributed by atoms with van der Waals surface area (Å²) in [5.41, 5.74) is 0.787. The molecule has 1 aliphatic carbocycles. The summed E-state index contributed by atoms with van der Waals surface area (Å²) in [5.74, 6) is -0.318. The first kappa shape index (κ1) is 21.5. The summed E-state index contributed by atoms with van der Waals surface area (Å²) in [6.07, 6.45) is 4.54. The lowest BCUT2D eigenvalue weighted by Crippen LogP contribution is -2.37. The molecule has 4 aromatic rings. The highest BCUT2D eigenvalue weighted by Gasteiger charge is 2.26. The molecule has 4 heterocycles. The molecule has 0 atom stereocenters. The number of nitrogens with one attached hydrogen (secondary N) is 1. The van der Waals surface area contributed by atoms with Crippen LogP contribution in [0.3, 0.4) is 0 Å². The zero-order valence-corrected chi connectivity index (χ0v) is 19.5. The van der Waals surface area contributed by atoms with E-state index in [0.717, 1.165) is 23.1 Å². The first-order chi connectivity index (χ1) is 16.6. The van der Waals surface area contributed by atoms with Gasteiger partial charge in [-0.2, -0.15) is 0 Å². The monoisotopic (exact) mass is 480 g/mol. The number of ether oxygens (including phenoxy) is 1. The number of anilines is 1. The molecule has 2 fully saturated rings. The van der Waals surface area contributed by atoms with E-state index in [1.165, 1.54) is 30.2 Å². The van der Waals surface area contributed by atoms with E-state index >= 15 is 4.39 Å². The number of para-hydroxylation sites is 1. The smallest absolute Gasteiger partial charge is 0.258 e. The molecule has 1 amide bonds. The van der Waals surface area contributed by atoms with Crippen LogP contribution in [0.4, 0.5) is 10.2 Å². The van der Waals surface area contributed by atoms with Crippen LogP contribution < -0.4 is 15.6 Å². The van der Waals surface area contributed by atoms with Crippen molar-refractivity contribution in [3.63, 3.8) is 0 Å². The van der Waals surface area contributed by atoms with E-state index in [0.29, 0.717) is 49.2 Å². The Labute approximate surface area is 199 Å². The number of benzene rings is 1. The normalized spacial score (nSPS) is 17.3. The Kier molecular flexibility index (Phi) is 5.45. The third-order valence-electron chi connectivity index (χ3n) is 6.91. The van der Waals surface area contributed by atoms with Crippen LogP contribution in [-0.4, -0.2) is 48.1 Å². The molecule has 1 aromatic carbocycles. The lowest BCUT2D eigenvalue weighted by Gasteiger charge is -2.28. The molecule has 0 spiro atoms. The Hall–Kier alpha value is -3.04. The number of rotatable bonds is 4. The van der Waals surface area contributed by atoms with E-state index in [4.69, 9.17) is 4.74 Å². The van der Waals surface area contributed by atoms with Crippen molar-refractivity contribution in [1.82, 2.24) is 14.7 Å². The van der Waals surface area contributed by atoms with Crippen molar-refractivity contribution < 1.29 is 13.9 Å². The molecule has 9 heteroatoms. The van der Waals surface area contributed by atoms with E-state index < -0.39 is 17.2 Å². The molecule has 6 rings (SSSR count). The maximum atomic E-state index is 15.2. The van der Waals surface area contributed by atoms with Crippen molar-refractivity contribution in [2.75, 3.05) is 37.7 Å². The van der Waals surface area contributed by atoms with Gasteiger partial charge in [-0.05, 0) is 37.0 Å². The summed E-state index contributed by atoms with van der Waals surface area (Å²) in [6, 6.07) is 8.95. The Balaban J connectivity index is 1.57. The molecule has 2 aliphatic rings. The average molecular weight is 481 g/mol. The molecule has 3 aromatic heterocycles. The van der Waals surface area contributed by atoms with Crippen molar-refractivity contribution in [1.29, 1.82) is 0 Å². The number of hydrogen-bond donors (Lipinski definition) is 1. The van der Waals surface area contributed by atoms with Gasteiger partial charge in [-0.3, -0.25) is 14.0 Å². The lowest BCUT2D eigenvalue weighted by atomic mass is 10.1. The topological polar surface area (TPSA) is 75.9 Å². The number of nitrogens with zero attached hydrogens (tertiary/aromatic N) is 3. The molecule has 1 saturated heterocycles. The van der Waals surface area contributed by atoms with E-state index in [2.05, 4.69) is 10.3 Å². The fraction of sp³-hybridized carbons (Fsp3) is 0.400. The van der Waals surface area contributed by atoms with Crippen molar-refractivity contribution in [3.8, 4) is 0 Å². The van der Waals surface area contributed by atoms with Gasteiger partial charge in [0.25, 0.3) is 5.91 Å². The number of carbonyl (C=O) groups is 1. The number of morpholine rings is 1. The Morgan fingerprint density at radius 1 is 1.21 bits per heavy atom. The second-order valence-corrected chi connectivity index (χ2v) is 10.1. The van der Waals surface area contributed by atoms with E-state index in [9.17, 15) is 9.59 Å². The number of halogens is 1. The molecule has 1 N–H and O–H groups in total. The molecule has 0 radical (unpaired) electrons. The van der Waals surface area contributed by atoms with Crippen LogP contribution in [0.2, 0.25) is 0 Å². The van der Waals surface area contributed by atoms with Gasteiger partial charge in [-0.15, -0.1) is 11.3 Å². The minimum atomic E-state index is -0.566. The minimum Gasteiger partial charge on any atom is -0.378 e. The van der Waals surface area contributed by atoms with Crippen LogP contribution in [-0.2, 0) is 4.74 Å². The highest BCUT2D eigenvalue weighted by molar-refractivity contribution is 7.24. The van der Waals surface area contributed by atoms with Crippen LogP contribution in [0.25, 0.3) is 26.1 Å². The van der Waals surface area contributed by atoms with Crippen LogP contribution in [0.5, 0.6) is 0 Å². The first-order valence-corrected chi connectivity index (χ1v) is 12.6. The van der Waals surface area contributed by atoms with Crippen LogP contribution in [0.15, 0.2) is 35.1 Å². The van der Waals surface area contributed by atoms with Crippen molar-refractivity contribution in [2.45, 2.75) is 25.7 Å². The van der Waals surface area contributed by atoms with E-state index in [-0.39, 0.29) is 16.8 Å². The molecule has 1 saturated carbocycles. The van der Waals surface area contributed by atoms with Gasteiger partial charge in [0.05, 0.1) is 28.8 Å². The summed E-state index contributed by atoms with van der Waals surface area (Å²) >= 11 is 1.38. The van der Waals surface area contributed by atoms with Crippen LogP contribution >= 0.6 is 11.3 Å². The first-order valence-electron chi connectivity index (χ1n) is 11.8. The lowest BCUT2D eigenvalue weighted by molar-refractivity contribution is 0.0948. The van der Waals surface area contributed by atoms with Gasteiger partial charge in [0, 0.05) is 19.6 Å². The van der Waals surface area contributed by atoms with Crippen molar-refractivity contribution in [2.24, 2.45) is 5.92 Å². The molecule has 7 nitrogen and oxygen atoms in total. The van der Waals surface area contributed by atoms with Gasteiger partial charge in [0.15, 0.2) is 17.3 Å². The highest BCUT2D eigenvalue weighted by atomic mass is 32.1. The molecule has 0 unspecified atom stereocenters.